The minimum Gasteiger partial charge on any atom is -0.354 e. The molecule has 1 unspecified atom stereocenters. The number of piperidine rings is 1. The van der Waals surface area contributed by atoms with E-state index >= 15 is 0 Å². The zero-order valence-corrected chi connectivity index (χ0v) is 12.4. The van der Waals surface area contributed by atoms with E-state index in [9.17, 15) is 4.79 Å². The van der Waals surface area contributed by atoms with Crippen LogP contribution in [0.15, 0.2) is 18.3 Å². The van der Waals surface area contributed by atoms with Gasteiger partial charge in [-0.2, -0.15) is 0 Å². The van der Waals surface area contributed by atoms with E-state index in [0.29, 0.717) is 46.4 Å². The molecule has 2 heterocycles. The summed E-state index contributed by atoms with van der Waals surface area (Å²) in [4.78, 5) is 22.6. The molecular weight excluding hydrogens is 297 g/mol. The minimum absolute atomic E-state index is 0.0371. The second-order valence-corrected chi connectivity index (χ2v) is 5.86. The molecule has 1 saturated heterocycles. The van der Waals surface area contributed by atoms with Crippen LogP contribution in [0.5, 0.6) is 0 Å². The summed E-state index contributed by atoms with van der Waals surface area (Å²) in [5, 5.41) is 0.936. The lowest BCUT2D eigenvalue weighted by Gasteiger charge is -2.30. The number of nitrogens with zero attached hydrogens (tertiary/aromatic N) is 3. The number of fused-ring (bicyclic) bond motifs is 1. The van der Waals surface area contributed by atoms with Crippen LogP contribution >= 0.6 is 23.2 Å². The van der Waals surface area contributed by atoms with Gasteiger partial charge in [0.05, 0.1) is 27.3 Å². The molecule has 3 rings (SSSR count). The Balaban J connectivity index is 1.96. The molecule has 0 amide bonds. The molecule has 0 spiro atoms. The average molecular weight is 310 g/mol. The van der Waals surface area contributed by atoms with Crippen molar-refractivity contribution in [3.8, 4) is 0 Å². The highest BCUT2D eigenvalue weighted by Crippen LogP contribution is 2.27. The lowest BCUT2D eigenvalue weighted by molar-refractivity contribution is -0.122. The Bertz CT molecular complexity index is 689. The van der Waals surface area contributed by atoms with Crippen LogP contribution in [0.1, 0.15) is 13.3 Å². The van der Waals surface area contributed by atoms with Crippen LogP contribution in [0.3, 0.4) is 0 Å². The zero-order chi connectivity index (χ0) is 14.3. The van der Waals surface area contributed by atoms with Gasteiger partial charge in [-0.05, 0) is 12.1 Å². The first kappa shape index (κ1) is 13.6. The molecule has 1 aliphatic heterocycles. The molecule has 0 N–H and O–H groups in total. The second-order valence-electron chi connectivity index (χ2n) is 5.05. The van der Waals surface area contributed by atoms with Crippen molar-refractivity contribution in [2.24, 2.45) is 5.92 Å². The molecule has 1 aromatic carbocycles. The third kappa shape index (κ3) is 2.45. The average Bonchev–Trinajstić information content (AvgIpc) is 2.43. The molecule has 0 saturated carbocycles. The number of hydrogen-bond donors (Lipinski definition) is 0. The molecule has 20 heavy (non-hydrogen) atoms. The van der Waals surface area contributed by atoms with Gasteiger partial charge in [0.1, 0.15) is 11.6 Å². The largest absolute Gasteiger partial charge is 0.354 e. The molecule has 104 valence electrons. The van der Waals surface area contributed by atoms with Crippen molar-refractivity contribution in [2.45, 2.75) is 13.3 Å². The molecule has 0 aliphatic carbocycles. The van der Waals surface area contributed by atoms with Crippen LogP contribution in [0.25, 0.3) is 11.0 Å². The third-order valence-electron chi connectivity index (χ3n) is 3.57. The normalized spacial score (nSPS) is 19.6. The summed E-state index contributed by atoms with van der Waals surface area (Å²) >= 11 is 12.0. The maximum absolute atomic E-state index is 11.6. The summed E-state index contributed by atoms with van der Waals surface area (Å²) in [5.41, 5.74) is 1.42. The number of aromatic nitrogens is 2. The quantitative estimate of drug-likeness (QED) is 0.810. The SMILES string of the molecule is CC1CN(c2cnc3cc(Cl)c(Cl)cc3n2)CCC1=O. The van der Waals surface area contributed by atoms with Gasteiger partial charge in [0, 0.05) is 25.4 Å². The number of anilines is 1. The molecular formula is C14H13Cl2N3O. The number of halogens is 2. The van der Waals surface area contributed by atoms with Gasteiger partial charge < -0.3 is 4.90 Å². The Hall–Kier alpha value is -1.39. The number of carbonyl (C=O) groups excluding carboxylic acids is 1. The Morgan fingerprint density at radius 3 is 2.65 bits per heavy atom. The first-order chi connectivity index (χ1) is 9.54. The predicted molar refractivity (Wildman–Crippen MR) is 80.6 cm³/mol. The summed E-state index contributed by atoms with van der Waals surface area (Å²) in [6.45, 7) is 3.31. The molecule has 1 aromatic heterocycles. The van der Waals surface area contributed by atoms with Gasteiger partial charge in [-0.15, -0.1) is 0 Å². The predicted octanol–water partition coefficient (Wildman–Crippen LogP) is 3.35. The molecule has 4 nitrogen and oxygen atoms in total. The molecule has 0 radical (unpaired) electrons. The van der Waals surface area contributed by atoms with Gasteiger partial charge in [0.15, 0.2) is 0 Å². The summed E-state index contributed by atoms with van der Waals surface area (Å²) in [7, 11) is 0. The monoisotopic (exact) mass is 309 g/mol. The van der Waals surface area contributed by atoms with Gasteiger partial charge in [-0.3, -0.25) is 9.78 Å². The third-order valence-corrected chi connectivity index (χ3v) is 4.29. The highest BCUT2D eigenvalue weighted by Gasteiger charge is 2.24. The van der Waals surface area contributed by atoms with Crippen molar-refractivity contribution in [1.29, 1.82) is 0 Å². The summed E-state index contributed by atoms with van der Waals surface area (Å²) in [5.74, 6) is 1.12. The first-order valence-electron chi connectivity index (χ1n) is 6.44. The number of benzene rings is 1. The minimum atomic E-state index is 0.0371. The van der Waals surface area contributed by atoms with Crippen molar-refractivity contribution in [2.75, 3.05) is 18.0 Å². The van der Waals surface area contributed by atoms with Gasteiger partial charge in [0.2, 0.25) is 0 Å². The van der Waals surface area contributed by atoms with E-state index in [1.54, 1.807) is 18.3 Å². The van der Waals surface area contributed by atoms with Crippen molar-refractivity contribution in [3.63, 3.8) is 0 Å². The van der Waals surface area contributed by atoms with Crippen LogP contribution in [-0.4, -0.2) is 28.8 Å². The zero-order valence-electron chi connectivity index (χ0n) is 10.9. The maximum Gasteiger partial charge on any atom is 0.147 e. The van der Waals surface area contributed by atoms with Gasteiger partial charge >= 0.3 is 0 Å². The standard InChI is InChI=1S/C14H13Cl2N3O/c1-8-7-19(3-2-13(8)20)14-6-17-11-4-9(15)10(16)5-12(11)18-14/h4-6,8H,2-3,7H2,1H3. The fraction of sp³-hybridized carbons (Fsp3) is 0.357. The molecule has 0 bridgehead atoms. The molecule has 1 atom stereocenters. The van der Waals surface area contributed by atoms with Crippen LogP contribution < -0.4 is 4.90 Å². The van der Waals surface area contributed by atoms with E-state index in [1.165, 1.54) is 0 Å². The van der Waals surface area contributed by atoms with Crippen LogP contribution in [0, 0.1) is 5.92 Å². The number of Topliss-reactive ketones (excluding diaryl/α,β-unsaturated/α-hetero) is 1. The molecule has 6 heteroatoms. The van der Waals surface area contributed by atoms with Gasteiger partial charge in [-0.25, -0.2) is 4.98 Å². The summed E-state index contributed by atoms with van der Waals surface area (Å²) in [6.07, 6.45) is 2.28. The van der Waals surface area contributed by atoms with Crippen LogP contribution in [0.2, 0.25) is 10.0 Å². The maximum atomic E-state index is 11.6. The van der Waals surface area contributed by atoms with Gasteiger partial charge in [0.25, 0.3) is 0 Å². The van der Waals surface area contributed by atoms with E-state index in [1.807, 2.05) is 6.92 Å². The van der Waals surface area contributed by atoms with E-state index in [4.69, 9.17) is 23.2 Å². The molecule has 1 aliphatic rings. The molecule has 1 fully saturated rings. The van der Waals surface area contributed by atoms with Crippen LogP contribution in [0.4, 0.5) is 5.82 Å². The lowest BCUT2D eigenvalue weighted by Crippen LogP contribution is -2.40. The Morgan fingerprint density at radius 2 is 1.95 bits per heavy atom. The van der Waals surface area contributed by atoms with E-state index in [0.717, 1.165) is 5.82 Å². The topological polar surface area (TPSA) is 46.1 Å². The Kier molecular flexibility index (Phi) is 3.52. The van der Waals surface area contributed by atoms with Crippen molar-refractivity contribution < 1.29 is 4.79 Å². The fourth-order valence-electron chi connectivity index (χ4n) is 2.37. The van der Waals surface area contributed by atoms with Crippen molar-refractivity contribution >= 4 is 45.8 Å². The highest BCUT2D eigenvalue weighted by molar-refractivity contribution is 6.42. The van der Waals surface area contributed by atoms with Crippen LogP contribution in [-0.2, 0) is 4.79 Å². The van der Waals surface area contributed by atoms with E-state index in [2.05, 4.69) is 14.9 Å². The Morgan fingerprint density at radius 1 is 1.25 bits per heavy atom. The smallest absolute Gasteiger partial charge is 0.147 e. The number of rotatable bonds is 1. The Labute approximate surface area is 126 Å². The number of carbonyl (C=O) groups is 1. The molecule has 2 aromatic rings. The number of ketones is 1. The van der Waals surface area contributed by atoms with Crippen molar-refractivity contribution in [3.05, 3.63) is 28.4 Å². The van der Waals surface area contributed by atoms with Gasteiger partial charge in [-0.1, -0.05) is 30.1 Å². The fourth-order valence-corrected chi connectivity index (χ4v) is 2.69. The highest BCUT2D eigenvalue weighted by atomic mass is 35.5. The lowest BCUT2D eigenvalue weighted by atomic mass is 9.99. The van der Waals surface area contributed by atoms with Crippen molar-refractivity contribution in [1.82, 2.24) is 9.97 Å². The number of hydrogen-bond acceptors (Lipinski definition) is 4. The summed E-state index contributed by atoms with van der Waals surface area (Å²) < 4.78 is 0. The van der Waals surface area contributed by atoms with E-state index < -0.39 is 0 Å². The van der Waals surface area contributed by atoms with E-state index in [-0.39, 0.29) is 5.92 Å². The first-order valence-corrected chi connectivity index (χ1v) is 7.19. The second kappa shape index (κ2) is 5.19. The summed E-state index contributed by atoms with van der Waals surface area (Å²) in [6, 6.07) is 3.42.